The fourth-order valence-corrected chi connectivity index (χ4v) is 4.55. The van der Waals surface area contributed by atoms with Gasteiger partial charge < -0.3 is 25.2 Å². The number of amides is 2. The van der Waals surface area contributed by atoms with Crippen LogP contribution in [0.25, 0.3) is 11.1 Å². The number of carbonyl (C=O) groups is 3. The van der Waals surface area contributed by atoms with Crippen molar-refractivity contribution in [1.29, 1.82) is 0 Å². The summed E-state index contributed by atoms with van der Waals surface area (Å²) in [5.41, 5.74) is 4.57. The number of carboxylic acid groups (broad SMARTS) is 1. The highest BCUT2D eigenvalue weighted by Gasteiger charge is 2.38. The van der Waals surface area contributed by atoms with Crippen LogP contribution in [0.1, 0.15) is 36.3 Å². The van der Waals surface area contributed by atoms with Crippen molar-refractivity contribution in [3.63, 3.8) is 0 Å². The molecule has 2 aliphatic rings. The van der Waals surface area contributed by atoms with Gasteiger partial charge in [-0.2, -0.15) is 0 Å². The molecule has 2 aromatic carbocycles. The van der Waals surface area contributed by atoms with Gasteiger partial charge >= 0.3 is 12.1 Å². The number of carboxylic acids is 1. The Hall–Kier alpha value is -3.39. The number of alkyl carbamates (subject to hydrolysis) is 1. The van der Waals surface area contributed by atoms with Crippen LogP contribution in [0.2, 0.25) is 0 Å². The Morgan fingerprint density at radius 1 is 1.03 bits per heavy atom. The smallest absolute Gasteiger partial charge is 0.407 e. The highest BCUT2D eigenvalue weighted by atomic mass is 16.5. The van der Waals surface area contributed by atoms with Crippen molar-refractivity contribution in [2.45, 2.75) is 37.3 Å². The molecule has 4 rings (SSSR count). The van der Waals surface area contributed by atoms with Crippen LogP contribution in [0.15, 0.2) is 48.5 Å². The van der Waals surface area contributed by atoms with Crippen LogP contribution in [0, 0.1) is 0 Å². The molecule has 32 heavy (non-hydrogen) atoms. The van der Waals surface area contributed by atoms with Crippen LogP contribution >= 0.6 is 0 Å². The van der Waals surface area contributed by atoms with E-state index in [0.717, 1.165) is 22.3 Å². The number of ether oxygens (including phenoxy) is 1. The molecule has 168 valence electrons. The Bertz CT molecular complexity index is 978. The number of aliphatic hydroxyl groups is 1. The summed E-state index contributed by atoms with van der Waals surface area (Å²) in [5.74, 6) is -1.49. The van der Waals surface area contributed by atoms with Crippen LogP contribution in [0.3, 0.4) is 0 Å². The van der Waals surface area contributed by atoms with Gasteiger partial charge in [0.15, 0.2) is 0 Å². The van der Waals surface area contributed by atoms with Crippen molar-refractivity contribution in [3.05, 3.63) is 59.7 Å². The largest absolute Gasteiger partial charge is 0.480 e. The highest BCUT2D eigenvalue weighted by Crippen LogP contribution is 2.44. The standard InChI is InChI=1S/C24H26N2O6/c27-15-12-21(23(29)30)26(13-15)22(28)10-5-11-25-24(31)32-14-20-18-8-3-1-6-16(18)17-7-2-4-9-19(17)20/h1-4,6-9,15,20-21,27H,5,10-14H2,(H,25,31)(H,29,30)/t15-,21-/m1/s1. The Kier molecular flexibility index (Phi) is 6.41. The lowest BCUT2D eigenvalue weighted by Gasteiger charge is -2.21. The van der Waals surface area contributed by atoms with Crippen molar-refractivity contribution >= 4 is 18.0 Å². The van der Waals surface area contributed by atoms with E-state index < -0.39 is 24.2 Å². The van der Waals surface area contributed by atoms with Gasteiger partial charge in [0.2, 0.25) is 5.91 Å². The highest BCUT2D eigenvalue weighted by molar-refractivity contribution is 5.84. The van der Waals surface area contributed by atoms with Gasteiger partial charge in [0, 0.05) is 31.8 Å². The van der Waals surface area contributed by atoms with E-state index >= 15 is 0 Å². The van der Waals surface area contributed by atoms with Crippen LogP contribution < -0.4 is 5.32 Å². The molecule has 8 heteroatoms. The summed E-state index contributed by atoms with van der Waals surface area (Å²) in [6.45, 7) is 0.469. The molecular weight excluding hydrogens is 412 g/mol. The average molecular weight is 438 g/mol. The number of β-amino-alcohol motifs (C(OH)–C–C–N with tert-alkyl or cyclic N) is 1. The molecule has 2 atom stereocenters. The SMILES string of the molecule is O=C(NCCCC(=O)N1C[C@H](O)C[C@@H]1C(=O)O)OCC1c2ccccc2-c2ccccc21. The fraction of sp³-hybridized carbons (Fsp3) is 0.375. The Morgan fingerprint density at radius 2 is 1.66 bits per heavy atom. The summed E-state index contributed by atoms with van der Waals surface area (Å²) in [4.78, 5) is 36.9. The second kappa shape index (κ2) is 9.40. The Labute approximate surface area is 185 Å². The van der Waals surface area contributed by atoms with Gasteiger partial charge in [-0.05, 0) is 28.7 Å². The number of likely N-dealkylation sites (tertiary alicyclic amines) is 1. The van der Waals surface area contributed by atoms with Gasteiger partial charge in [0.05, 0.1) is 6.10 Å². The number of hydrogen-bond acceptors (Lipinski definition) is 5. The van der Waals surface area contributed by atoms with Crippen LogP contribution in [0.4, 0.5) is 4.79 Å². The van der Waals surface area contributed by atoms with Gasteiger partial charge in [-0.25, -0.2) is 9.59 Å². The first-order chi connectivity index (χ1) is 15.5. The van der Waals surface area contributed by atoms with Gasteiger partial charge in [-0.1, -0.05) is 48.5 Å². The molecule has 0 unspecified atom stereocenters. The minimum atomic E-state index is -1.12. The molecule has 0 radical (unpaired) electrons. The van der Waals surface area contributed by atoms with Gasteiger partial charge in [-0.3, -0.25) is 4.79 Å². The number of rotatable bonds is 7. The van der Waals surface area contributed by atoms with E-state index in [-0.39, 0.29) is 44.4 Å². The first-order valence-corrected chi connectivity index (χ1v) is 10.7. The van der Waals surface area contributed by atoms with E-state index in [2.05, 4.69) is 17.4 Å². The van der Waals surface area contributed by atoms with Crippen molar-refractivity contribution in [2.75, 3.05) is 19.7 Å². The summed E-state index contributed by atoms with van der Waals surface area (Å²) < 4.78 is 5.45. The van der Waals surface area contributed by atoms with Gasteiger partial charge in [0.25, 0.3) is 0 Å². The van der Waals surface area contributed by atoms with Gasteiger partial charge in [-0.15, -0.1) is 0 Å². The van der Waals surface area contributed by atoms with E-state index in [9.17, 15) is 24.6 Å². The minimum absolute atomic E-state index is 0.0234. The van der Waals surface area contributed by atoms with E-state index in [1.54, 1.807) is 0 Å². The summed E-state index contributed by atoms with van der Waals surface area (Å²) in [6.07, 6.45) is -0.903. The molecular formula is C24H26N2O6. The summed E-state index contributed by atoms with van der Waals surface area (Å²) in [6, 6.07) is 15.2. The molecule has 1 fully saturated rings. The molecule has 0 bridgehead atoms. The van der Waals surface area contributed by atoms with Crippen molar-refractivity contribution in [1.82, 2.24) is 10.2 Å². The quantitative estimate of drug-likeness (QED) is 0.572. The molecule has 0 saturated carbocycles. The van der Waals surface area contributed by atoms with E-state index in [1.165, 1.54) is 4.90 Å². The summed E-state index contributed by atoms with van der Waals surface area (Å²) in [7, 11) is 0. The molecule has 2 aromatic rings. The molecule has 8 nitrogen and oxygen atoms in total. The number of carbonyl (C=O) groups excluding carboxylic acids is 2. The van der Waals surface area contributed by atoms with Crippen molar-refractivity contribution in [2.24, 2.45) is 0 Å². The second-order valence-electron chi connectivity index (χ2n) is 8.15. The number of aliphatic carboxylic acids is 1. The molecule has 2 amide bonds. The third-order valence-electron chi connectivity index (χ3n) is 6.06. The maximum Gasteiger partial charge on any atom is 0.407 e. The Balaban J connectivity index is 1.23. The topological polar surface area (TPSA) is 116 Å². The zero-order chi connectivity index (χ0) is 22.7. The summed E-state index contributed by atoms with van der Waals surface area (Å²) >= 11 is 0. The normalized spacial score (nSPS) is 19.3. The first-order valence-electron chi connectivity index (χ1n) is 10.7. The zero-order valence-corrected chi connectivity index (χ0v) is 17.6. The van der Waals surface area contributed by atoms with Gasteiger partial charge in [0.1, 0.15) is 12.6 Å². The van der Waals surface area contributed by atoms with Crippen molar-refractivity contribution < 1.29 is 29.3 Å². The second-order valence-corrected chi connectivity index (χ2v) is 8.15. The fourth-order valence-electron chi connectivity index (χ4n) is 4.55. The van der Waals surface area contributed by atoms with E-state index in [4.69, 9.17) is 4.74 Å². The van der Waals surface area contributed by atoms with E-state index in [1.807, 2.05) is 36.4 Å². The lowest BCUT2D eigenvalue weighted by Crippen LogP contribution is -2.40. The zero-order valence-electron chi connectivity index (χ0n) is 17.6. The predicted molar refractivity (Wildman–Crippen MR) is 116 cm³/mol. The number of benzene rings is 2. The lowest BCUT2D eigenvalue weighted by atomic mass is 9.98. The molecule has 1 aliphatic heterocycles. The number of fused-ring (bicyclic) bond motifs is 3. The first kappa shape index (κ1) is 21.8. The lowest BCUT2D eigenvalue weighted by molar-refractivity contribution is -0.148. The number of hydrogen-bond donors (Lipinski definition) is 3. The molecule has 1 saturated heterocycles. The molecule has 3 N–H and O–H groups in total. The van der Waals surface area contributed by atoms with Crippen LogP contribution in [-0.4, -0.2) is 64.9 Å². The maximum atomic E-state index is 12.3. The van der Waals surface area contributed by atoms with Crippen LogP contribution in [-0.2, 0) is 14.3 Å². The predicted octanol–water partition coefficient (Wildman–Crippen LogP) is 2.35. The van der Waals surface area contributed by atoms with Crippen LogP contribution in [0.5, 0.6) is 0 Å². The van der Waals surface area contributed by atoms with Crippen molar-refractivity contribution in [3.8, 4) is 11.1 Å². The maximum absolute atomic E-state index is 12.3. The molecule has 0 spiro atoms. The molecule has 1 heterocycles. The monoisotopic (exact) mass is 438 g/mol. The molecule has 0 aromatic heterocycles. The third-order valence-corrected chi connectivity index (χ3v) is 6.06. The number of nitrogens with zero attached hydrogens (tertiary/aromatic N) is 1. The average Bonchev–Trinajstić information content (AvgIpc) is 3.34. The third kappa shape index (κ3) is 4.45. The molecule has 1 aliphatic carbocycles. The number of aliphatic hydroxyl groups excluding tert-OH is 1. The minimum Gasteiger partial charge on any atom is -0.480 e. The Morgan fingerprint density at radius 3 is 2.28 bits per heavy atom. The van der Waals surface area contributed by atoms with E-state index in [0.29, 0.717) is 6.42 Å². The number of nitrogens with one attached hydrogen (secondary N) is 1. The summed E-state index contributed by atoms with van der Waals surface area (Å²) in [5, 5.41) is 21.5.